The smallest absolute Gasteiger partial charge is 0.0354 e. The molecule has 0 aliphatic carbocycles. The molecule has 0 saturated carbocycles. The Kier molecular flexibility index (Phi) is 3.50. The maximum atomic E-state index is 5.77. The first-order valence-electron chi connectivity index (χ1n) is 4.55. The largest absolute Gasteiger partial charge is 0.323 e. The summed E-state index contributed by atoms with van der Waals surface area (Å²) in [6.07, 6.45) is 4.24. The van der Waals surface area contributed by atoms with E-state index in [4.69, 9.17) is 5.73 Å². The van der Waals surface area contributed by atoms with Crippen LogP contribution in [0, 0.1) is 0 Å². The van der Waals surface area contributed by atoms with Crippen molar-refractivity contribution >= 4 is 0 Å². The van der Waals surface area contributed by atoms with E-state index < -0.39 is 0 Å². The summed E-state index contributed by atoms with van der Waals surface area (Å²) in [5, 5.41) is 3.28. The molecule has 12 heavy (non-hydrogen) atoms. The van der Waals surface area contributed by atoms with Crippen molar-refractivity contribution in [2.75, 3.05) is 13.1 Å². The lowest BCUT2D eigenvalue weighted by atomic mass is 10.0. The van der Waals surface area contributed by atoms with E-state index in [1.807, 2.05) is 0 Å². The summed E-state index contributed by atoms with van der Waals surface area (Å²) in [7, 11) is 0. The Bertz CT molecular complexity index is 194. The average Bonchev–Trinajstić information content (AvgIpc) is 2.04. The van der Waals surface area contributed by atoms with Crippen LogP contribution in [-0.4, -0.2) is 19.1 Å². The van der Waals surface area contributed by atoms with Crippen molar-refractivity contribution in [2.45, 2.75) is 25.8 Å². The normalized spacial score (nSPS) is 23.5. The van der Waals surface area contributed by atoms with Gasteiger partial charge in [-0.2, -0.15) is 0 Å². The third kappa shape index (κ3) is 2.80. The standard InChI is InChI=1S/C10H18N2/c1-3-8(2)4-9-5-10(11)7-12-6-9/h5,10,12H,2-4,6-7,11H2,1H3. The highest BCUT2D eigenvalue weighted by Gasteiger charge is 2.08. The zero-order valence-electron chi connectivity index (χ0n) is 7.77. The molecule has 0 bridgehead atoms. The number of hydrogen-bond donors (Lipinski definition) is 2. The van der Waals surface area contributed by atoms with Gasteiger partial charge in [-0.25, -0.2) is 0 Å². The van der Waals surface area contributed by atoms with Crippen LogP contribution >= 0.6 is 0 Å². The van der Waals surface area contributed by atoms with E-state index >= 15 is 0 Å². The minimum atomic E-state index is 0.193. The molecule has 2 heteroatoms. The Hall–Kier alpha value is -0.600. The maximum Gasteiger partial charge on any atom is 0.0354 e. The van der Waals surface area contributed by atoms with Gasteiger partial charge in [-0.05, 0) is 12.8 Å². The summed E-state index contributed by atoms with van der Waals surface area (Å²) in [5.41, 5.74) is 8.45. The van der Waals surface area contributed by atoms with E-state index in [2.05, 4.69) is 24.9 Å². The molecule has 1 atom stereocenters. The first-order valence-corrected chi connectivity index (χ1v) is 4.55. The predicted octanol–water partition coefficient (Wildman–Crippen LogP) is 1.20. The van der Waals surface area contributed by atoms with Crippen LogP contribution < -0.4 is 11.1 Å². The van der Waals surface area contributed by atoms with Crippen molar-refractivity contribution in [1.82, 2.24) is 5.32 Å². The third-order valence-electron chi connectivity index (χ3n) is 2.16. The molecule has 1 aliphatic heterocycles. The molecule has 1 unspecified atom stereocenters. The van der Waals surface area contributed by atoms with E-state index in [1.165, 1.54) is 11.1 Å². The molecule has 0 aromatic rings. The van der Waals surface area contributed by atoms with Gasteiger partial charge in [0.25, 0.3) is 0 Å². The lowest BCUT2D eigenvalue weighted by molar-refractivity contribution is 0.625. The predicted molar refractivity (Wildman–Crippen MR) is 53.0 cm³/mol. The highest BCUT2D eigenvalue weighted by Crippen LogP contribution is 2.13. The molecule has 2 nitrogen and oxygen atoms in total. The summed E-state index contributed by atoms with van der Waals surface area (Å²) in [6, 6.07) is 0.193. The van der Waals surface area contributed by atoms with Gasteiger partial charge in [0.05, 0.1) is 0 Å². The highest BCUT2D eigenvalue weighted by atomic mass is 14.9. The summed E-state index contributed by atoms with van der Waals surface area (Å²) in [4.78, 5) is 0. The summed E-state index contributed by atoms with van der Waals surface area (Å²) in [5.74, 6) is 0. The monoisotopic (exact) mass is 166 g/mol. The van der Waals surface area contributed by atoms with Crippen LogP contribution in [0.1, 0.15) is 19.8 Å². The van der Waals surface area contributed by atoms with Gasteiger partial charge in [0.1, 0.15) is 0 Å². The Morgan fingerprint density at radius 1 is 1.83 bits per heavy atom. The molecule has 0 spiro atoms. The van der Waals surface area contributed by atoms with Gasteiger partial charge in [0.2, 0.25) is 0 Å². The molecule has 0 aromatic heterocycles. The second kappa shape index (κ2) is 4.43. The van der Waals surface area contributed by atoms with Gasteiger partial charge in [-0.15, -0.1) is 0 Å². The summed E-state index contributed by atoms with van der Waals surface area (Å²) in [6.45, 7) is 8.00. The van der Waals surface area contributed by atoms with Gasteiger partial charge in [-0.1, -0.05) is 30.7 Å². The Labute approximate surface area is 74.5 Å². The van der Waals surface area contributed by atoms with Crippen LogP contribution in [0.25, 0.3) is 0 Å². The van der Waals surface area contributed by atoms with Gasteiger partial charge in [0.15, 0.2) is 0 Å². The minimum absolute atomic E-state index is 0.193. The second-order valence-electron chi connectivity index (χ2n) is 3.40. The van der Waals surface area contributed by atoms with Gasteiger partial charge in [-0.3, -0.25) is 0 Å². The second-order valence-corrected chi connectivity index (χ2v) is 3.40. The van der Waals surface area contributed by atoms with Gasteiger partial charge in [0, 0.05) is 19.1 Å². The van der Waals surface area contributed by atoms with Crippen molar-refractivity contribution in [3.8, 4) is 0 Å². The molecule has 0 amide bonds. The van der Waals surface area contributed by atoms with E-state index in [0.29, 0.717) is 0 Å². The summed E-state index contributed by atoms with van der Waals surface area (Å²) < 4.78 is 0. The topological polar surface area (TPSA) is 38.0 Å². The molecule has 0 fully saturated rings. The summed E-state index contributed by atoms with van der Waals surface area (Å²) >= 11 is 0. The van der Waals surface area contributed by atoms with Crippen LogP contribution in [0.4, 0.5) is 0 Å². The van der Waals surface area contributed by atoms with Crippen molar-refractivity contribution < 1.29 is 0 Å². The van der Waals surface area contributed by atoms with Gasteiger partial charge < -0.3 is 11.1 Å². The highest BCUT2D eigenvalue weighted by molar-refractivity contribution is 5.18. The van der Waals surface area contributed by atoms with Crippen LogP contribution in [-0.2, 0) is 0 Å². The van der Waals surface area contributed by atoms with Crippen LogP contribution in [0.15, 0.2) is 23.8 Å². The molecular formula is C10H18N2. The fourth-order valence-corrected chi connectivity index (χ4v) is 1.39. The number of hydrogen-bond acceptors (Lipinski definition) is 2. The fraction of sp³-hybridized carbons (Fsp3) is 0.600. The van der Waals surface area contributed by atoms with E-state index in [0.717, 1.165) is 25.9 Å². The Morgan fingerprint density at radius 2 is 2.58 bits per heavy atom. The van der Waals surface area contributed by atoms with Gasteiger partial charge >= 0.3 is 0 Å². The third-order valence-corrected chi connectivity index (χ3v) is 2.16. The quantitative estimate of drug-likeness (QED) is 0.618. The van der Waals surface area contributed by atoms with Crippen LogP contribution in [0.3, 0.4) is 0 Å². The molecular weight excluding hydrogens is 148 g/mol. The molecule has 0 aromatic carbocycles. The Balaban J connectivity index is 2.45. The van der Waals surface area contributed by atoms with E-state index in [1.54, 1.807) is 0 Å². The molecule has 0 saturated heterocycles. The van der Waals surface area contributed by atoms with E-state index in [9.17, 15) is 0 Å². The van der Waals surface area contributed by atoms with Crippen molar-refractivity contribution in [3.05, 3.63) is 23.8 Å². The number of nitrogens with one attached hydrogen (secondary N) is 1. The van der Waals surface area contributed by atoms with Crippen molar-refractivity contribution in [3.63, 3.8) is 0 Å². The SMILES string of the molecule is C=C(CC)CC1=CC(N)CNC1. The van der Waals surface area contributed by atoms with Crippen LogP contribution in [0.2, 0.25) is 0 Å². The lowest BCUT2D eigenvalue weighted by Gasteiger charge is -2.19. The number of allylic oxidation sites excluding steroid dienone is 1. The zero-order chi connectivity index (χ0) is 8.97. The van der Waals surface area contributed by atoms with Crippen molar-refractivity contribution in [1.29, 1.82) is 0 Å². The first-order chi connectivity index (χ1) is 5.72. The van der Waals surface area contributed by atoms with E-state index in [-0.39, 0.29) is 6.04 Å². The fourth-order valence-electron chi connectivity index (χ4n) is 1.39. The maximum absolute atomic E-state index is 5.77. The average molecular weight is 166 g/mol. The molecule has 1 heterocycles. The molecule has 68 valence electrons. The number of nitrogens with two attached hydrogens (primary N) is 1. The molecule has 1 rings (SSSR count). The first kappa shape index (κ1) is 9.49. The molecule has 3 N–H and O–H groups in total. The Morgan fingerprint density at radius 3 is 3.17 bits per heavy atom. The minimum Gasteiger partial charge on any atom is -0.323 e. The number of rotatable bonds is 3. The molecule has 1 aliphatic rings. The van der Waals surface area contributed by atoms with Crippen molar-refractivity contribution in [2.24, 2.45) is 5.73 Å². The van der Waals surface area contributed by atoms with Crippen LogP contribution in [0.5, 0.6) is 0 Å². The molecule has 0 radical (unpaired) electrons. The lowest BCUT2D eigenvalue weighted by Crippen LogP contribution is -2.37. The zero-order valence-corrected chi connectivity index (χ0v) is 7.77.